The van der Waals surface area contributed by atoms with Crippen LogP contribution in [0.25, 0.3) is 11.0 Å². The smallest absolute Gasteiger partial charge is 0.289 e. The highest BCUT2D eigenvalue weighted by atomic mass is 16.5. The van der Waals surface area contributed by atoms with E-state index in [4.69, 9.17) is 14.9 Å². The number of fused-ring (bicyclic) bond motifs is 1. The van der Waals surface area contributed by atoms with Crippen LogP contribution in [0.2, 0.25) is 0 Å². The molecule has 1 fully saturated rings. The molecule has 4 rings (SSSR count). The highest BCUT2D eigenvalue weighted by molar-refractivity contribution is 5.96. The third-order valence-electron chi connectivity index (χ3n) is 5.01. The second kappa shape index (κ2) is 7.72. The number of likely N-dealkylation sites (tertiary alicyclic amines) is 1. The number of piperidine rings is 1. The minimum Gasteiger partial charge on any atom is -0.493 e. The van der Waals surface area contributed by atoms with Crippen LogP contribution in [0.5, 0.6) is 5.75 Å². The summed E-state index contributed by atoms with van der Waals surface area (Å²) in [5, 5.41) is 0.932. The Balaban J connectivity index is 1.31. The van der Waals surface area contributed by atoms with Gasteiger partial charge in [0.2, 0.25) is 0 Å². The molecule has 2 aromatic heterocycles. The highest BCUT2D eigenvalue weighted by Gasteiger charge is 2.26. The number of primary amides is 1. The summed E-state index contributed by atoms with van der Waals surface area (Å²) in [6, 6.07) is 12.6. The van der Waals surface area contributed by atoms with E-state index in [9.17, 15) is 9.59 Å². The number of hydrogen-bond donors (Lipinski definition) is 1. The van der Waals surface area contributed by atoms with Gasteiger partial charge in [0.05, 0.1) is 6.61 Å². The third-order valence-corrected chi connectivity index (χ3v) is 5.01. The first kappa shape index (κ1) is 18.0. The van der Waals surface area contributed by atoms with Crippen molar-refractivity contribution in [2.45, 2.75) is 12.8 Å². The molecular formula is C21H21N3O4. The van der Waals surface area contributed by atoms with E-state index in [1.165, 1.54) is 6.20 Å². The maximum Gasteiger partial charge on any atom is 0.289 e. The lowest BCUT2D eigenvalue weighted by atomic mass is 9.97. The van der Waals surface area contributed by atoms with Gasteiger partial charge in [0.1, 0.15) is 17.0 Å². The van der Waals surface area contributed by atoms with Crippen molar-refractivity contribution < 1.29 is 18.7 Å². The number of ether oxygens (including phenoxy) is 1. The van der Waals surface area contributed by atoms with Crippen molar-refractivity contribution in [2.24, 2.45) is 11.7 Å². The van der Waals surface area contributed by atoms with E-state index in [0.717, 1.165) is 23.8 Å². The van der Waals surface area contributed by atoms with Gasteiger partial charge in [0, 0.05) is 30.7 Å². The van der Waals surface area contributed by atoms with Gasteiger partial charge in [-0.25, -0.2) is 0 Å². The maximum atomic E-state index is 12.7. The van der Waals surface area contributed by atoms with Crippen molar-refractivity contribution in [1.29, 1.82) is 0 Å². The molecule has 1 aliphatic rings. The van der Waals surface area contributed by atoms with Crippen LogP contribution in [-0.4, -0.2) is 41.4 Å². The summed E-state index contributed by atoms with van der Waals surface area (Å²) in [7, 11) is 0. The van der Waals surface area contributed by atoms with Crippen molar-refractivity contribution in [3.63, 3.8) is 0 Å². The Morgan fingerprint density at radius 1 is 1.18 bits per heavy atom. The molecular weight excluding hydrogens is 358 g/mol. The van der Waals surface area contributed by atoms with E-state index in [-0.39, 0.29) is 11.6 Å². The molecule has 0 saturated carbocycles. The first-order valence-corrected chi connectivity index (χ1v) is 9.26. The van der Waals surface area contributed by atoms with Gasteiger partial charge in [0.25, 0.3) is 11.8 Å². The summed E-state index contributed by atoms with van der Waals surface area (Å²) in [5.41, 5.74) is 6.14. The summed E-state index contributed by atoms with van der Waals surface area (Å²) in [5.74, 6) is 0.639. The molecule has 1 aliphatic heterocycles. The van der Waals surface area contributed by atoms with E-state index in [1.54, 1.807) is 18.2 Å². The van der Waals surface area contributed by atoms with Crippen LogP contribution in [0.3, 0.4) is 0 Å². The largest absolute Gasteiger partial charge is 0.493 e. The summed E-state index contributed by atoms with van der Waals surface area (Å²) >= 11 is 0. The summed E-state index contributed by atoms with van der Waals surface area (Å²) in [6.07, 6.45) is 3.20. The Morgan fingerprint density at radius 3 is 2.71 bits per heavy atom. The normalized spacial score (nSPS) is 14.9. The predicted molar refractivity (Wildman–Crippen MR) is 103 cm³/mol. The number of benzene rings is 1. The van der Waals surface area contributed by atoms with Gasteiger partial charge in [-0.2, -0.15) is 0 Å². The van der Waals surface area contributed by atoms with Crippen LogP contribution in [0.4, 0.5) is 0 Å². The van der Waals surface area contributed by atoms with Crippen molar-refractivity contribution >= 4 is 22.8 Å². The molecule has 3 heterocycles. The summed E-state index contributed by atoms with van der Waals surface area (Å²) < 4.78 is 11.5. The summed E-state index contributed by atoms with van der Waals surface area (Å²) in [6.45, 7) is 1.84. The molecule has 2 amide bonds. The zero-order valence-electron chi connectivity index (χ0n) is 15.3. The van der Waals surface area contributed by atoms with Crippen LogP contribution in [0.1, 0.15) is 33.9 Å². The number of rotatable bonds is 5. The van der Waals surface area contributed by atoms with Crippen LogP contribution in [0, 0.1) is 5.92 Å². The second-order valence-electron chi connectivity index (χ2n) is 6.94. The topological polar surface area (TPSA) is 98.7 Å². The number of carbonyl (C=O) groups excluding carboxylic acids is 2. The van der Waals surface area contributed by atoms with Crippen LogP contribution < -0.4 is 10.5 Å². The fourth-order valence-corrected chi connectivity index (χ4v) is 3.40. The van der Waals surface area contributed by atoms with Gasteiger partial charge in [-0.05, 0) is 37.0 Å². The molecule has 0 atom stereocenters. The van der Waals surface area contributed by atoms with Gasteiger partial charge in [-0.3, -0.25) is 14.6 Å². The highest BCUT2D eigenvalue weighted by Crippen LogP contribution is 2.24. The average molecular weight is 379 g/mol. The van der Waals surface area contributed by atoms with E-state index in [2.05, 4.69) is 4.98 Å². The molecule has 0 aliphatic carbocycles. The Bertz CT molecular complexity index is 973. The quantitative estimate of drug-likeness (QED) is 0.735. The van der Waals surface area contributed by atoms with Gasteiger partial charge in [-0.15, -0.1) is 0 Å². The van der Waals surface area contributed by atoms with Gasteiger partial charge >= 0.3 is 0 Å². The lowest BCUT2D eigenvalue weighted by Gasteiger charge is -2.31. The minimum absolute atomic E-state index is 0.0733. The van der Waals surface area contributed by atoms with Gasteiger partial charge < -0.3 is 19.8 Å². The number of hydrogen-bond acceptors (Lipinski definition) is 5. The Kier molecular flexibility index (Phi) is 4.97. The molecule has 1 aromatic carbocycles. The van der Waals surface area contributed by atoms with Crippen LogP contribution in [-0.2, 0) is 0 Å². The molecule has 0 unspecified atom stereocenters. The molecule has 144 valence electrons. The lowest BCUT2D eigenvalue weighted by Crippen LogP contribution is -2.39. The SMILES string of the molecule is NC(=O)c1cc(OCC2CCN(C(=O)c3cc4ccccc4o3)CC2)ccn1. The van der Waals surface area contributed by atoms with Crippen LogP contribution >= 0.6 is 0 Å². The number of aromatic nitrogens is 1. The molecule has 0 bridgehead atoms. The van der Waals surface area contributed by atoms with Crippen molar-refractivity contribution in [3.05, 3.63) is 60.1 Å². The lowest BCUT2D eigenvalue weighted by molar-refractivity contribution is 0.0632. The van der Waals surface area contributed by atoms with Crippen molar-refractivity contribution in [1.82, 2.24) is 9.88 Å². The van der Waals surface area contributed by atoms with Crippen molar-refractivity contribution in [2.75, 3.05) is 19.7 Å². The minimum atomic E-state index is -0.581. The molecule has 28 heavy (non-hydrogen) atoms. The monoisotopic (exact) mass is 379 g/mol. The fraction of sp³-hybridized carbons (Fsp3) is 0.286. The molecule has 2 N–H and O–H groups in total. The number of nitrogens with zero attached hydrogens (tertiary/aromatic N) is 2. The Morgan fingerprint density at radius 2 is 1.96 bits per heavy atom. The number of carbonyl (C=O) groups is 2. The van der Waals surface area contributed by atoms with E-state index in [1.807, 2.05) is 29.2 Å². The number of amides is 2. The number of para-hydroxylation sites is 1. The van der Waals surface area contributed by atoms with Crippen molar-refractivity contribution in [3.8, 4) is 5.75 Å². The van der Waals surface area contributed by atoms with Gasteiger partial charge in [-0.1, -0.05) is 18.2 Å². The molecule has 0 radical (unpaired) electrons. The number of nitrogens with two attached hydrogens (primary N) is 1. The first-order valence-electron chi connectivity index (χ1n) is 9.26. The van der Waals surface area contributed by atoms with E-state index < -0.39 is 5.91 Å². The maximum absolute atomic E-state index is 12.7. The zero-order chi connectivity index (χ0) is 19.5. The zero-order valence-corrected chi connectivity index (χ0v) is 15.3. The molecule has 3 aromatic rings. The number of pyridine rings is 1. The summed E-state index contributed by atoms with van der Waals surface area (Å²) in [4.78, 5) is 29.6. The second-order valence-corrected chi connectivity index (χ2v) is 6.94. The first-order chi connectivity index (χ1) is 13.6. The molecule has 7 nitrogen and oxygen atoms in total. The van der Waals surface area contributed by atoms with E-state index in [0.29, 0.717) is 37.1 Å². The van der Waals surface area contributed by atoms with Crippen LogP contribution in [0.15, 0.2) is 53.1 Å². The standard InChI is InChI=1S/C21H21N3O4/c22-20(25)17-12-16(5-8-23-17)27-13-14-6-9-24(10-7-14)21(26)19-11-15-3-1-2-4-18(15)28-19/h1-5,8,11-12,14H,6-7,9-10,13H2,(H2,22,25). The van der Waals surface area contributed by atoms with E-state index >= 15 is 0 Å². The molecule has 1 saturated heterocycles. The fourth-order valence-electron chi connectivity index (χ4n) is 3.40. The predicted octanol–water partition coefficient (Wildman–Crippen LogP) is 2.86. The Labute approximate surface area is 162 Å². The van der Waals surface area contributed by atoms with Gasteiger partial charge in [0.15, 0.2) is 5.76 Å². The third kappa shape index (κ3) is 3.83. The average Bonchev–Trinajstić information content (AvgIpc) is 3.16. The molecule has 0 spiro atoms. The number of furan rings is 1. The molecule has 7 heteroatoms. The Hall–Kier alpha value is -3.35.